The van der Waals surface area contributed by atoms with Gasteiger partial charge in [-0.05, 0) is 26.8 Å². The summed E-state index contributed by atoms with van der Waals surface area (Å²) in [6.45, 7) is 9.00. The Kier molecular flexibility index (Phi) is 5.04. The molecule has 4 nitrogen and oxygen atoms in total. The van der Waals surface area contributed by atoms with Crippen molar-refractivity contribution < 1.29 is 0 Å². The Morgan fingerprint density at radius 1 is 1.13 bits per heavy atom. The fourth-order valence-corrected chi connectivity index (χ4v) is 1.39. The third kappa shape index (κ3) is 4.74. The van der Waals surface area contributed by atoms with Crippen molar-refractivity contribution in [1.29, 1.82) is 0 Å². The Labute approximate surface area is 91.5 Å². The molecule has 0 aliphatic carbocycles. The van der Waals surface area contributed by atoms with Crippen LogP contribution in [0.1, 0.15) is 24.9 Å². The molecular weight excluding hydrogens is 188 g/mol. The van der Waals surface area contributed by atoms with E-state index in [1.54, 1.807) is 0 Å². The number of nitrogens with one attached hydrogen (secondary N) is 2. The zero-order valence-corrected chi connectivity index (χ0v) is 9.80. The lowest BCUT2D eigenvalue weighted by molar-refractivity contribution is 0.687. The van der Waals surface area contributed by atoms with Crippen LogP contribution in [0.3, 0.4) is 0 Å². The summed E-state index contributed by atoms with van der Waals surface area (Å²) in [4.78, 5) is 8.53. The van der Waals surface area contributed by atoms with Gasteiger partial charge in [0.25, 0.3) is 0 Å². The number of rotatable bonds is 6. The molecule has 1 rings (SSSR count). The first-order chi connectivity index (χ1) is 7.22. The van der Waals surface area contributed by atoms with Crippen LogP contribution in [-0.2, 0) is 0 Å². The van der Waals surface area contributed by atoms with Gasteiger partial charge in [0.1, 0.15) is 11.6 Å². The maximum Gasteiger partial charge on any atom is 0.129 e. The van der Waals surface area contributed by atoms with E-state index < -0.39 is 0 Å². The Morgan fingerprint density at radius 2 is 1.93 bits per heavy atom. The summed E-state index contributed by atoms with van der Waals surface area (Å²) in [6.07, 6.45) is 1.17. The van der Waals surface area contributed by atoms with E-state index in [4.69, 9.17) is 0 Å². The van der Waals surface area contributed by atoms with E-state index in [1.165, 1.54) is 6.42 Å². The smallest absolute Gasteiger partial charge is 0.129 e. The van der Waals surface area contributed by atoms with Gasteiger partial charge in [0, 0.05) is 24.8 Å². The zero-order chi connectivity index (χ0) is 11.1. The second kappa shape index (κ2) is 6.35. The number of nitrogens with zero attached hydrogens (tertiary/aromatic N) is 2. The number of aromatic nitrogens is 2. The molecule has 0 atom stereocenters. The topological polar surface area (TPSA) is 49.8 Å². The monoisotopic (exact) mass is 208 g/mol. The molecule has 0 spiro atoms. The maximum atomic E-state index is 4.30. The molecule has 1 aromatic heterocycles. The molecule has 0 aliphatic heterocycles. The van der Waals surface area contributed by atoms with Crippen molar-refractivity contribution in [3.8, 4) is 0 Å². The minimum atomic E-state index is 0.819. The first-order valence-electron chi connectivity index (χ1n) is 5.49. The van der Waals surface area contributed by atoms with Crippen LogP contribution in [0.4, 0.5) is 5.82 Å². The molecule has 0 saturated carbocycles. The van der Waals surface area contributed by atoms with Crippen molar-refractivity contribution >= 4 is 5.82 Å². The number of hydrogen-bond acceptors (Lipinski definition) is 4. The van der Waals surface area contributed by atoms with Crippen molar-refractivity contribution in [1.82, 2.24) is 15.3 Å². The van der Waals surface area contributed by atoms with Crippen LogP contribution in [0.25, 0.3) is 0 Å². The molecule has 2 N–H and O–H groups in total. The average molecular weight is 208 g/mol. The van der Waals surface area contributed by atoms with Crippen LogP contribution in [-0.4, -0.2) is 29.6 Å². The van der Waals surface area contributed by atoms with Crippen molar-refractivity contribution in [3.63, 3.8) is 0 Å². The van der Waals surface area contributed by atoms with E-state index in [-0.39, 0.29) is 0 Å². The Morgan fingerprint density at radius 3 is 2.60 bits per heavy atom. The van der Waals surface area contributed by atoms with Gasteiger partial charge in [-0.1, -0.05) is 6.92 Å². The van der Waals surface area contributed by atoms with Crippen molar-refractivity contribution in [2.45, 2.75) is 27.2 Å². The summed E-state index contributed by atoms with van der Waals surface area (Å²) >= 11 is 0. The molecular formula is C11H20N4. The Bertz CT molecular complexity index is 278. The highest BCUT2D eigenvalue weighted by atomic mass is 15.0. The van der Waals surface area contributed by atoms with Crippen molar-refractivity contribution in [3.05, 3.63) is 17.6 Å². The third-order valence-electron chi connectivity index (χ3n) is 2.00. The van der Waals surface area contributed by atoms with Gasteiger partial charge in [-0.2, -0.15) is 0 Å². The van der Waals surface area contributed by atoms with E-state index in [9.17, 15) is 0 Å². The lowest BCUT2D eigenvalue weighted by Gasteiger charge is -2.07. The molecule has 0 radical (unpaired) electrons. The second-order valence-corrected chi connectivity index (χ2v) is 3.62. The first kappa shape index (κ1) is 11.9. The highest BCUT2D eigenvalue weighted by Gasteiger charge is 1.96. The van der Waals surface area contributed by atoms with Gasteiger partial charge in [-0.25, -0.2) is 9.97 Å². The van der Waals surface area contributed by atoms with Crippen LogP contribution in [0.2, 0.25) is 0 Å². The number of hydrogen-bond donors (Lipinski definition) is 2. The van der Waals surface area contributed by atoms with Crippen LogP contribution >= 0.6 is 0 Å². The zero-order valence-electron chi connectivity index (χ0n) is 9.80. The Hall–Kier alpha value is -1.16. The summed E-state index contributed by atoms with van der Waals surface area (Å²) < 4.78 is 0. The van der Waals surface area contributed by atoms with Crippen LogP contribution < -0.4 is 10.6 Å². The molecule has 1 aromatic rings. The van der Waals surface area contributed by atoms with E-state index in [0.717, 1.165) is 37.0 Å². The first-order valence-corrected chi connectivity index (χ1v) is 5.49. The molecule has 0 fully saturated rings. The minimum Gasteiger partial charge on any atom is -0.369 e. The SMILES string of the molecule is CCCNCCNc1cc(C)nc(C)n1. The molecule has 4 heteroatoms. The molecule has 0 aromatic carbocycles. The summed E-state index contributed by atoms with van der Waals surface area (Å²) in [6, 6.07) is 1.97. The van der Waals surface area contributed by atoms with Crippen LogP contribution in [0, 0.1) is 13.8 Å². The maximum absolute atomic E-state index is 4.30. The Balaban J connectivity index is 2.31. The predicted molar refractivity (Wildman–Crippen MR) is 63.2 cm³/mol. The molecule has 0 amide bonds. The summed E-state index contributed by atoms with van der Waals surface area (Å²) in [5.74, 6) is 1.73. The van der Waals surface area contributed by atoms with E-state index in [1.807, 2.05) is 19.9 Å². The standard InChI is InChI=1S/C11H20N4/c1-4-5-12-6-7-13-11-8-9(2)14-10(3)15-11/h8,12H,4-7H2,1-3H3,(H,13,14,15). The van der Waals surface area contributed by atoms with Crippen molar-refractivity contribution in [2.75, 3.05) is 25.0 Å². The summed E-state index contributed by atoms with van der Waals surface area (Å²) in [7, 11) is 0. The highest BCUT2D eigenvalue weighted by molar-refractivity contribution is 5.35. The molecule has 1 heterocycles. The third-order valence-corrected chi connectivity index (χ3v) is 2.00. The van der Waals surface area contributed by atoms with Gasteiger partial charge in [-0.3, -0.25) is 0 Å². The van der Waals surface area contributed by atoms with Crippen molar-refractivity contribution in [2.24, 2.45) is 0 Å². The molecule has 0 unspecified atom stereocenters. The van der Waals surface area contributed by atoms with Gasteiger partial charge < -0.3 is 10.6 Å². The summed E-state index contributed by atoms with van der Waals surface area (Å²) in [5, 5.41) is 6.60. The van der Waals surface area contributed by atoms with Gasteiger partial charge >= 0.3 is 0 Å². The van der Waals surface area contributed by atoms with E-state index in [0.29, 0.717) is 0 Å². The van der Waals surface area contributed by atoms with E-state index in [2.05, 4.69) is 27.5 Å². The van der Waals surface area contributed by atoms with Gasteiger partial charge in [0.15, 0.2) is 0 Å². The highest BCUT2D eigenvalue weighted by Crippen LogP contribution is 2.04. The molecule has 15 heavy (non-hydrogen) atoms. The lowest BCUT2D eigenvalue weighted by atomic mass is 10.4. The lowest BCUT2D eigenvalue weighted by Crippen LogP contribution is -2.23. The normalized spacial score (nSPS) is 10.3. The average Bonchev–Trinajstić information content (AvgIpc) is 2.16. The van der Waals surface area contributed by atoms with E-state index >= 15 is 0 Å². The molecule has 0 bridgehead atoms. The fraction of sp³-hybridized carbons (Fsp3) is 0.636. The molecule has 0 aliphatic rings. The molecule has 84 valence electrons. The quantitative estimate of drug-likeness (QED) is 0.696. The van der Waals surface area contributed by atoms with Gasteiger partial charge in [0.2, 0.25) is 0 Å². The second-order valence-electron chi connectivity index (χ2n) is 3.62. The largest absolute Gasteiger partial charge is 0.369 e. The van der Waals surface area contributed by atoms with Crippen LogP contribution in [0.15, 0.2) is 6.07 Å². The predicted octanol–water partition coefficient (Wildman–Crippen LogP) is 1.50. The molecule has 0 saturated heterocycles. The van der Waals surface area contributed by atoms with Crippen LogP contribution in [0.5, 0.6) is 0 Å². The summed E-state index contributed by atoms with van der Waals surface area (Å²) in [5.41, 5.74) is 1.01. The van der Waals surface area contributed by atoms with Gasteiger partial charge in [0.05, 0.1) is 0 Å². The minimum absolute atomic E-state index is 0.819. The number of anilines is 1. The number of aryl methyl sites for hydroxylation is 2. The van der Waals surface area contributed by atoms with Gasteiger partial charge in [-0.15, -0.1) is 0 Å². The fourth-order valence-electron chi connectivity index (χ4n) is 1.39.